The number of halogens is 1. The number of rotatable bonds is 4. The summed E-state index contributed by atoms with van der Waals surface area (Å²) in [5, 5.41) is 0.690. The van der Waals surface area contributed by atoms with Gasteiger partial charge in [-0.1, -0.05) is 11.6 Å². The van der Waals surface area contributed by atoms with Gasteiger partial charge in [0.25, 0.3) is 0 Å². The van der Waals surface area contributed by atoms with Crippen LogP contribution in [0.15, 0.2) is 34.9 Å². The summed E-state index contributed by atoms with van der Waals surface area (Å²) in [5.41, 5.74) is 0.940. The lowest BCUT2D eigenvalue weighted by Crippen LogP contribution is -2.42. The summed E-state index contributed by atoms with van der Waals surface area (Å²) in [4.78, 5) is 20.4. The molecule has 0 aliphatic carbocycles. The Hall–Kier alpha value is -1.85. The molecule has 3 rings (SSSR count). The van der Waals surface area contributed by atoms with Gasteiger partial charge in [-0.15, -0.1) is 0 Å². The number of hydrogen-bond acceptors (Lipinski definition) is 4. The minimum atomic E-state index is -0.0733. The average molecular weight is 334 g/mol. The largest absolute Gasteiger partial charge is 0.439 e. The smallest absolute Gasteiger partial charge is 0.239 e. The lowest BCUT2D eigenvalue weighted by molar-refractivity contribution is -0.133. The zero-order valence-electron chi connectivity index (χ0n) is 13.3. The van der Waals surface area contributed by atoms with Gasteiger partial charge < -0.3 is 9.32 Å². The molecule has 122 valence electrons. The molecule has 1 amide bonds. The van der Waals surface area contributed by atoms with E-state index in [1.807, 2.05) is 24.3 Å². The molecule has 1 aliphatic heterocycles. The van der Waals surface area contributed by atoms with Gasteiger partial charge in [0.2, 0.25) is 11.8 Å². The second kappa shape index (κ2) is 6.72. The highest BCUT2D eigenvalue weighted by Gasteiger charge is 2.32. The van der Waals surface area contributed by atoms with E-state index in [1.165, 1.54) is 0 Å². The molecule has 0 bridgehead atoms. The molecule has 0 spiro atoms. The van der Waals surface area contributed by atoms with Crippen LogP contribution in [0.1, 0.15) is 18.7 Å². The number of carbonyl (C=O) groups is 1. The molecule has 5 nitrogen and oxygen atoms in total. The first-order valence-corrected chi connectivity index (χ1v) is 8.08. The van der Waals surface area contributed by atoms with E-state index in [1.54, 1.807) is 25.2 Å². The van der Waals surface area contributed by atoms with Gasteiger partial charge in [-0.05, 0) is 43.7 Å². The molecule has 1 aliphatic rings. The Morgan fingerprint density at radius 1 is 1.39 bits per heavy atom. The van der Waals surface area contributed by atoms with Crippen LogP contribution in [0.2, 0.25) is 5.02 Å². The van der Waals surface area contributed by atoms with Crippen LogP contribution in [0, 0.1) is 0 Å². The van der Waals surface area contributed by atoms with Crippen molar-refractivity contribution in [3.8, 4) is 11.3 Å². The Morgan fingerprint density at radius 3 is 2.83 bits per heavy atom. The number of oxazole rings is 1. The molecule has 0 saturated carbocycles. The molecule has 1 fully saturated rings. The Morgan fingerprint density at radius 2 is 2.13 bits per heavy atom. The summed E-state index contributed by atoms with van der Waals surface area (Å²) >= 11 is 5.90. The van der Waals surface area contributed by atoms with Crippen molar-refractivity contribution in [2.45, 2.75) is 25.4 Å². The van der Waals surface area contributed by atoms with Gasteiger partial charge in [-0.25, -0.2) is 4.98 Å². The van der Waals surface area contributed by atoms with Crippen LogP contribution in [0.25, 0.3) is 11.3 Å². The first kappa shape index (κ1) is 16.0. The van der Waals surface area contributed by atoms with Crippen molar-refractivity contribution in [2.75, 3.05) is 20.6 Å². The van der Waals surface area contributed by atoms with Crippen LogP contribution < -0.4 is 0 Å². The molecule has 1 saturated heterocycles. The zero-order chi connectivity index (χ0) is 16.4. The van der Waals surface area contributed by atoms with E-state index in [9.17, 15) is 4.79 Å². The van der Waals surface area contributed by atoms with Gasteiger partial charge >= 0.3 is 0 Å². The molecule has 6 heteroatoms. The summed E-state index contributed by atoms with van der Waals surface area (Å²) in [6.07, 6.45) is 3.63. The number of nitrogens with zero attached hydrogens (tertiary/aromatic N) is 3. The van der Waals surface area contributed by atoms with Crippen LogP contribution in [-0.2, 0) is 11.3 Å². The fourth-order valence-corrected chi connectivity index (χ4v) is 3.02. The van der Waals surface area contributed by atoms with Gasteiger partial charge in [0.1, 0.15) is 0 Å². The van der Waals surface area contributed by atoms with Crippen molar-refractivity contribution in [1.29, 1.82) is 0 Å². The predicted octanol–water partition coefficient (Wildman–Crippen LogP) is 3.05. The van der Waals surface area contributed by atoms with Crippen molar-refractivity contribution >= 4 is 17.5 Å². The van der Waals surface area contributed by atoms with Gasteiger partial charge in [0.15, 0.2) is 5.76 Å². The topological polar surface area (TPSA) is 49.6 Å². The van der Waals surface area contributed by atoms with E-state index in [0.717, 1.165) is 24.9 Å². The quantitative estimate of drug-likeness (QED) is 0.863. The van der Waals surface area contributed by atoms with Gasteiger partial charge in [-0.3, -0.25) is 9.69 Å². The third kappa shape index (κ3) is 3.57. The number of carbonyl (C=O) groups excluding carboxylic acids is 1. The Bertz CT molecular complexity index is 681. The SMILES string of the molecule is CN(C)C(=O)C1CCCN1Cc1ncc(-c2ccc(Cl)cc2)o1. The van der Waals surface area contributed by atoms with Crippen LogP contribution in [-0.4, -0.2) is 47.4 Å². The first-order chi connectivity index (χ1) is 11.0. The van der Waals surface area contributed by atoms with Gasteiger partial charge in [0, 0.05) is 24.7 Å². The monoisotopic (exact) mass is 333 g/mol. The van der Waals surface area contributed by atoms with E-state index in [2.05, 4.69) is 9.88 Å². The molecular formula is C17H20ClN3O2. The van der Waals surface area contributed by atoms with E-state index in [-0.39, 0.29) is 11.9 Å². The molecule has 23 heavy (non-hydrogen) atoms. The van der Waals surface area contributed by atoms with E-state index in [4.69, 9.17) is 16.0 Å². The summed E-state index contributed by atoms with van der Waals surface area (Å²) in [5.74, 6) is 1.49. The summed E-state index contributed by atoms with van der Waals surface area (Å²) in [6, 6.07) is 7.38. The third-order valence-corrected chi connectivity index (χ3v) is 4.36. The summed E-state index contributed by atoms with van der Waals surface area (Å²) < 4.78 is 5.84. The van der Waals surface area contributed by atoms with Crippen molar-refractivity contribution in [2.24, 2.45) is 0 Å². The lowest BCUT2D eigenvalue weighted by atomic mass is 10.2. The van der Waals surface area contributed by atoms with Crippen LogP contribution in [0.3, 0.4) is 0 Å². The minimum Gasteiger partial charge on any atom is -0.439 e. The maximum atomic E-state index is 12.2. The standard InChI is InChI=1S/C17H20ClN3O2/c1-20(2)17(22)14-4-3-9-21(14)11-16-19-10-15(23-16)12-5-7-13(18)8-6-12/h5-8,10,14H,3-4,9,11H2,1-2H3. The maximum Gasteiger partial charge on any atom is 0.239 e. The highest BCUT2D eigenvalue weighted by Crippen LogP contribution is 2.25. The number of amides is 1. The van der Waals surface area contributed by atoms with Crippen LogP contribution in [0.4, 0.5) is 0 Å². The molecule has 1 unspecified atom stereocenters. The summed E-state index contributed by atoms with van der Waals surface area (Å²) in [7, 11) is 3.59. The molecular weight excluding hydrogens is 314 g/mol. The van der Waals surface area contributed by atoms with Gasteiger partial charge in [-0.2, -0.15) is 0 Å². The third-order valence-electron chi connectivity index (χ3n) is 4.11. The molecule has 2 aromatic rings. The highest BCUT2D eigenvalue weighted by atomic mass is 35.5. The Labute approximate surface area is 140 Å². The number of benzene rings is 1. The molecule has 0 radical (unpaired) electrons. The number of hydrogen-bond donors (Lipinski definition) is 0. The molecule has 2 heterocycles. The first-order valence-electron chi connectivity index (χ1n) is 7.70. The molecule has 1 atom stereocenters. The number of aromatic nitrogens is 1. The van der Waals surface area contributed by atoms with Crippen molar-refractivity contribution in [3.63, 3.8) is 0 Å². The Balaban J connectivity index is 1.71. The van der Waals surface area contributed by atoms with Crippen LogP contribution >= 0.6 is 11.6 Å². The number of likely N-dealkylation sites (N-methyl/N-ethyl adjacent to an activating group) is 1. The van der Waals surface area contributed by atoms with E-state index < -0.39 is 0 Å². The molecule has 1 aromatic carbocycles. The fraction of sp³-hybridized carbons (Fsp3) is 0.412. The number of likely N-dealkylation sites (tertiary alicyclic amines) is 1. The zero-order valence-corrected chi connectivity index (χ0v) is 14.1. The lowest BCUT2D eigenvalue weighted by Gasteiger charge is -2.24. The van der Waals surface area contributed by atoms with Crippen molar-refractivity contribution < 1.29 is 9.21 Å². The summed E-state index contributed by atoms with van der Waals surface area (Å²) in [6.45, 7) is 1.45. The normalized spacial score (nSPS) is 18.3. The molecule has 1 aromatic heterocycles. The molecule has 0 N–H and O–H groups in total. The van der Waals surface area contributed by atoms with E-state index in [0.29, 0.717) is 23.2 Å². The maximum absolute atomic E-state index is 12.2. The van der Waals surface area contributed by atoms with E-state index >= 15 is 0 Å². The average Bonchev–Trinajstić information content (AvgIpc) is 3.17. The Kier molecular flexibility index (Phi) is 4.68. The predicted molar refractivity (Wildman–Crippen MR) is 89.1 cm³/mol. The minimum absolute atomic E-state index is 0.0733. The van der Waals surface area contributed by atoms with Gasteiger partial charge in [0.05, 0.1) is 18.8 Å². The van der Waals surface area contributed by atoms with Crippen molar-refractivity contribution in [3.05, 3.63) is 41.4 Å². The second-order valence-corrected chi connectivity index (χ2v) is 6.42. The second-order valence-electron chi connectivity index (χ2n) is 5.99. The van der Waals surface area contributed by atoms with Crippen LogP contribution in [0.5, 0.6) is 0 Å². The highest BCUT2D eigenvalue weighted by molar-refractivity contribution is 6.30. The fourth-order valence-electron chi connectivity index (χ4n) is 2.90. The van der Waals surface area contributed by atoms with Crippen molar-refractivity contribution in [1.82, 2.24) is 14.8 Å².